The van der Waals surface area contributed by atoms with Crippen molar-refractivity contribution in [2.24, 2.45) is 5.41 Å². The van der Waals surface area contributed by atoms with Crippen molar-refractivity contribution in [2.45, 2.75) is 61.8 Å². The second-order valence-electron chi connectivity index (χ2n) is 16.1. The Kier molecular flexibility index (Phi) is 13.8. The Morgan fingerprint density at radius 1 is 0.476 bits per heavy atom. The minimum Gasteiger partial charge on any atom is -0.496 e. The van der Waals surface area contributed by atoms with Crippen molar-refractivity contribution in [3.8, 4) is 23.0 Å². The average molecular weight is 849 g/mol. The van der Waals surface area contributed by atoms with Crippen molar-refractivity contribution in [1.29, 1.82) is 0 Å². The highest BCUT2D eigenvalue weighted by Crippen LogP contribution is 2.47. The van der Waals surface area contributed by atoms with Crippen LogP contribution in [-0.4, -0.2) is 62.6 Å². The summed E-state index contributed by atoms with van der Waals surface area (Å²) in [6.07, 6.45) is 2.05. The molecule has 10 heteroatoms. The number of para-hydroxylation sites is 4. The van der Waals surface area contributed by atoms with Gasteiger partial charge in [-0.1, -0.05) is 146 Å². The molecule has 0 saturated heterocycles. The first kappa shape index (κ1) is 44.4. The highest BCUT2D eigenvalue weighted by Gasteiger charge is 2.54. The monoisotopic (exact) mass is 848 g/mol. The van der Waals surface area contributed by atoms with E-state index in [1.165, 1.54) is 28.4 Å². The molecule has 2 amide bonds. The van der Waals surface area contributed by atoms with Crippen molar-refractivity contribution in [1.82, 2.24) is 10.6 Å². The van der Waals surface area contributed by atoms with Gasteiger partial charge in [0, 0.05) is 22.3 Å². The van der Waals surface area contributed by atoms with E-state index in [1.54, 1.807) is 48.5 Å². The standard InChI is InChI=1S/C53H56N2O8/c1-60-43-29-15-11-25-39(43)52(58,40-26-12-16-30-44(40)61-2)47(35-37-21-7-5-8-22-37)54-49(56)51(33-19-20-34-51)50(57)55-48(36-38-23-9-6-10-24-38)53(59,41-27-13-17-31-45(41)62-3)42-28-14-18-32-46(42)63-4/h5-18,21-32,47-48,58-59H,19-20,33-36H2,1-4H3,(H,54,56)(H,55,57)/t47-,48-/m1/s1. The largest absolute Gasteiger partial charge is 0.496 e. The van der Waals surface area contributed by atoms with Crippen molar-refractivity contribution < 1.29 is 38.7 Å². The summed E-state index contributed by atoms with van der Waals surface area (Å²) in [5.74, 6) is 0.533. The number of hydrogen-bond donors (Lipinski definition) is 4. The molecule has 0 unspecified atom stereocenters. The average Bonchev–Trinajstić information content (AvgIpc) is 3.85. The van der Waals surface area contributed by atoms with Gasteiger partial charge in [0.1, 0.15) is 39.6 Å². The number of aliphatic hydroxyl groups is 2. The number of nitrogens with one attached hydrogen (secondary N) is 2. The van der Waals surface area contributed by atoms with E-state index in [0.717, 1.165) is 11.1 Å². The maximum absolute atomic E-state index is 15.5. The Labute approximate surface area is 369 Å². The number of hydrogen-bond acceptors (Lipinski definition) is 8. The summed E-state index contributed by atoms with van der Waals surface area (Å²) >= 11 is 0. The van der Waals surface area contributed by atoms with E-state index in [0.29, 0.717) is 58.1 Å². The van der Waals surface area contributed by atoms with E-state index in [1.807, 2.05) is 109 Å². The van der Waals surface area contributed by atoms with Crippen LogP contribution < -0.4 is 29.6 Å². The summed E-state index contributed by atoms with van der Waals surface area (Å²) in [7, 11) is 6.14. The predicted molar refractivity (Wildman–Crippen MR) is 243 cm³/mol. The zero-order valence-electron chi connectivity index (χ0n) is 36.3. The van der Waals surface area contributed by atoms with Crippen molar-refractivity contribution >= 4 is 11.8 Å². The summed E-state index contributed by atoms with van der Waals surface area (Å²) < 4.78 is 23.4. The lowest BCUT2D eigenvalue weighted by Gasteiger charge is -2.42. The minimum atomic E-state index is -1.94. The molecule has 1 fully saturated rings. The third-order valence-corrected chi connectivity index (χ3v) is 12.6. The molecule has 0 aromatic heterocycles. The molecule has 6 aromatic rings. The fourth-order valence-electron chi connectivity index (χ4n) is 9.31. The Morgan fingerprint density at radius 3 is 1.03 bits per heavy atom. The molecule has 4 N–H and O–H groups in total. The summed E-state index contributed by atoms with van der Waals surface area (Å²) in [6.45, 7) is 0. The van der Waals surface area contributed by atoms with E-state index in [2.05, 4.69) is 10.6 Å². The second-order valence-corrected chi connectivity index (χ2v) is 16.1. The third kappa shape index (κ3) is 8.74. The van der Waals surface area contributed by atoms with Crippen LogP contribution in [0.1, 0.15) is 59.1 Å². The van der Waals surface area contributed by atoms with Gasteiger partial charge in [0.2, 0.25) is 11.8 Å². The van der Waals surface area contributed by atoms with E-state index >= 15 is 9.59 Å². The SMILES string of the molecule is COc1ccccc1C(O)(c1ccccc1OC)[C@@H](Cc1ccccc1)NC(=O)C1(C(=O)N[C@H](Cc2ccccc2)C(O)(c2ccccc2OC)c2ccccc2OC)CCCC1. The van der Waals surface area contributed by atoms with Crippen LogP contribution in [0.3, 0.4) is 0 Å². The normalized spacial score (nSPS) is 14.5. The van der Waals surface area contributed by atoms with Gasteiger partial charge in [-0.2, -0.15) is 0 Å². The van der Waals surface area contributed by atoms with E-state index < -0.39 is 40.5 Å². The van der Waals surface area contributed by atoms with Gasteiger partial charge in [-0.25, -0.2) is 0 Å². The van der Waals surface area contributed by atoms with Crippen molar-refractivity contribution in [3.05, 3.63) is 191 Å². The lowest BCUT2D eigenvalue weighted by atomic mass is 9.74. The quantitative estimate of drug-likeness (QED) is 0.0642. The zero-order chi connectivity index (χ0) is 44.5. The van der Waals surface area contributed by atoms with Crippen LogP contribution in [0.15, 0.2) is 158 Å². The molecule has 1 aliphatic carbocycles. The Morgan fingerprint density at radius 2 is 0.746 bits per heavy atom. The summed E-state index contributed by atoms with van der Waals surface area (Å²) in [5, 5.41) is 33.6. The van der Waals surface area contributed by atoms with Gasteiger partial charge in [0.15, 0.2) is 0 Å². The molecular formula is C53H56N2O8. The molecule has 1 saturated carbocycles. The molecule has 0 bridgehead atoms. The number of benzene rings is 6. The van der Waals surface area contributed by atoms with Gasteiger partial charge in [-0.3, -0.25) is 9.59 Å². The van der Waals surface area contributed by atoms with Crippen molar-refractivity contribution in [3.63, 3.8) is 0 Å². The van der Waals surface area contributed by atoms with Gasteiger partial charge < -0.3 is 39.8 Å². The molecule has 1 aliphatic rings. The van der Waals surface area contributed by atoms with Crippen LogP contribution >= 0.6 is 0 Å². The lowest BCUT2D eigenvalue weighted by molar-refractivity contribution is -0.146. The molecule has 7 rings (SSSR count). The first-order valence-electron chi connectivity index (χ1n) is 21.3. The van der Waals surface area contributed by atoms with Crippen LogP contribution in [0.25, 0.3) is 0 Å². The summed E-state index contributed by atoms with van der Waals surface area (Å²) in [5.41, 5.74) is -2.15. The molecule has 0 heterocycles. The number of amides is 2. The number of methoxy groups -OCH3 is 4. The minimum absolute atomic E-state index is 0.175. The van der Waals surface area contributed by atoms with Gasteiger partial charge in [0.25, 0.3) is 0 Å². The number of carbonyl (C=O) groups is 2. The van der Waals surface area contributed by atoms with Crippen molar-refractivity contribution in [2.75, 3.05) is 28.4 Å². The fourth-order valence-corrected chi connectivity index (χ4v) is 9.31. The Bertz CT molecular complexity index is 2210. The van der Waals surface area contributed by atoms with E-state index in [4.69, 9.17) is 18.9 Å². The van der Waals surface area contributed by atoms with Crippen LogP contribution in [0.2, 0.25) is 0 Å². The van der Waals surface area contributed by atoms with E-state index in [9.17, 15) is 10.2 Å². The molecule has 10 nitrogen and oxygen atoms in total. The first-order valence-corrected chi connectivity index (χ1v) is 21.3. The molecule has 0 radical (unpaired) electrons. The van der Waals surface area contributed by atoms with Gasteiger partial charge in [0.05, 0.1) is 40.5 Å². The number of carbonyl (C=O) groups excluding carboxylic acids is 2. The zero-order valence-corrected chi connectivity index (χ0v) is 36.3. The molecule has 63 heavy (non-hydrogen) atoms. The van der Waals surface area contributed by atoms with Crippen LogP contribution in [0, 0.1) is 5.41 Å². The maximum atomic E-state index is 15.5. The molecular weight excluding hydrogens is 793 g/mol. The molecule has 0 spiro atoms. The van der Waals surface area contributed by atoms with Crippen LogP contribution in [-0.2, 0) is 33.6 Å². The third-order valence-electron chi connectivity index (χ3n) is 12.6. The van der Waals surface area contributed by atoms with Crippen LogP contribution in [0.4, 0.5) is 0 Å². The number of rotatable bonds is 18. The smallest absolute Gasteiger partial charge is 0.236 e. The van der Waals surface area contributed by atoms with Gasteiger partial charge in [-0.05, 0) is 61.1 Å². The summed E-state index contributed by atoms with van der Waals surface area (Å²) in [4.78, 5) is 31.0. The fraction of sp³-hybridized carbons (Fsp3) is 0.283. The summed E-state index contributed by atoms with van der Waals surface area (Å²) in [6, 6.07) is 45.7. The number of ether oxygens (including phenoxy) is 4. The van der Waals surface area contributed by atoms with Gasteiger partial charge in [-0.15, -0.1) is 0 Å². The predicted octanol–water partition coefficient (Wildman–Crippen LogP) is 7.91. The molecule has 326 valence electrons. The highest BCUT2D eigenvalue weighted by molar-refractivity contribution is 6.05. The molecule has 2 atom stereocenters. The lowest BCUT2D eigenvalue weighted by Crippen LogP contribution is -2.61. The van der Waals surface area contributed by atoms with E-state index in [-0.39, 0.29) is 25.7 Å². The molecule has 6 aromatic carbocycles. The first-order chi connectivity index (χ1) is 30.6. The van der Waals surface area contributed by atoms with Gasteiger partial charge >= 0.3 is 0 Å². The maximum Gasteiger partial charge on any atom is 0.236 e. The second kappa shape index (κ2) is 19.6. The molecule has 0 aliphatic heterocycles. The Balaban J connectivity index is 1.37. The Hall–Kier alpha value is -6.62. The van der Waals surface area contributed by atoms with Crippen LogP contribution in [0.5, 0.6) is 23.0 Å². The highest BCUT2D eigenvalue weighted by atomic mass is 16.5. The topological polar surface area (TPSA) is 136 Å².